The van der Waals surface area contributed by atoms with Gasteiger partial charge in [0.15, 0.2) is 0 Å². The average molecular weight is 255 g/mol. The highest BCUT2D eigenvalue weighted by Crippen LogP contribution is 2.36. The van der Waals surface area contributed by atoms with E-state index in [-0.39, 0.29) is 10.6 Å². The van der Waals surface area contributed by atoms with E-state index in [4.69, 9.17) is 11.6 Å². The smallest absolute Gasteiger partial charge is 0.166 e. The number of alkyl halides is 3. The first-order valence-corrected chi connectivity index (χ1v) is 5.63. The van der Waals surface area contributed by atoms with Gasteiger partial charge in [0.25, 0.3) is 0 Å². The minimum Gasteiger partial charge on any atom is -0.166 e. The molecule has 0 heterocycles. The SMILES string of the molecule is CC.CC.Cc1cccc(Cl)c1C(F)(F)F. The number of halogens is 4. The molecule has 0 spiro atoms. The first-order chi connectivity index (χ1) is 7.43. The molecule has 0 fully saturated rings. The summed E-state index contributed by atoms with van der Waals surface area (Å²) < 4.78 is 36.7. The van der Waals surface area contributed by atoms with E-state index in [1.165, 1.54) is 25.1 Å². The Balaban J connectivity index is 0. The molecule has 1 aromatic carbocycles. The van der Waals surface area contributed by atoms with Gasteiger partial charge in [-0.15, -0.1) is 0 Å². The third-order valence-corrected chi connectivity index (χ3v) is 1.82. The van der Waals surface area contributed by atoms with E-state index in [0.717, 1.165) is 0 Å². The molecule has 94 valence electrons. The Hall–Kier alpha value is -0.700. The fourth-order valence-corrected chi connectivity index (χ4v) is 1.32. The molecular formula is C12H18ClF3. The van der Waals surface area contributed by atoms with Crippen molar-refractivity contribution in [2.45, 2.75) is 40.8 Å². The third-order valence-electron chi connectivity index (χ3n) is 1.51. The topological polar surface area (TPSA) is 0 Å². The highest BCUT2D eigenvalue weighted by Gasteiger charge is 2.34. The molecule has 0 unspecified atom stereocenters. The Morgan fingerprint density at radius 3 is 1.69 bits per heavy atom. The van der Waals surface area contributed by atoms with E-state index >= 15 is 0 Å². The fourth-order valence-electron chi connectivity index (χ4n) is 0.991. The molecule has 0 aliphatic rings. The lowest BCUT2D eigenvalue weighted by atomic mass is 10.1. The van der Waals surface area contributed by atoms with Crippen LogP contribution in [0.15, 0.2) is 18.2 Å². The number of hydrogen-bond acceptors (Lipinski definition) is 0. The van der Waals surface area contributed by atoms with Gasteiger partial charge in [-0.25, -0.2) is 0 Å². The summed E-state index contributed by atoms with van der Waals surface area (Å²) in [7, 11) is 0. The Kier molecular flexibility index (Phi) is 9.34. The van der Waals surface area contributed by atoms with Crippen molar-refractivity contribution in [2.75, 3.05) is 0 Å². The highest BCUT2D eigenvalue weighted by molar-refractivity contribution is 6.31. The van der Waals surface area contributed by atoms with Gasteiger partial charge in [-0.3, -0.25) is 0 Å². The Morgan fingerprint density at radius 1 is 1.00 bits per heavy atom. The molecule has 0 atom stereocenters. The zero-order valence-electron chi connectivity index (χ0n) is 10.2. The number of hydrogen-bond donors (Lipinski definition) is 0. The van der Waals surface area contributed by atoms with Gasteiger partial charge in [0.2, 0.25) is 0 Å². The van der Waals surface area contributed by atoms with E-state index in [1.54, 1.807) is 0 Å². The van der Waals surface area contributed by atoms with Gasteiger partial charge in [0.05, 0.1) is 10.6 Å². The summed E-state index contributed by atoms with van der Waals surface area (Å²) in [5.41, 5.74) is -0.596. The van der Waals surface area contributed by atoms with Crippen LogP contribution in [0.3, 0.4) is 0 Å². The second-order valence-electron chi connectivity index (χ2n) is 2.43. The first kappa shape index (κ1) is 17.7. The summed E-state index contributed by atoms with van der Waals surface area (Å²) in [6.45, 7) is 9.38. The van der Waals surface area contributed by atoms with Gasteiger partial charge in [-0.05, 0) is 18.6 Å². The van der Waals surface area contributed by atoms with Gasteiger partial charge < -0.3 is 0 Å². The fraction of sp³-hybridized carbons (Fsp3) is 0.500. The van der Waals surface area contributed by atoms with E-state index in [9.17, 15) is 13.2 Å². The molecule has 0 nitrogen and oxygen atoms in total. The maximum absolute atomic E-state index is 12.2. The van der Waals surface area contributed by atoms with Gasteiger partial charge in [0.1, 0.15) is 0 Å². The van der Waals surface area contributed by atoms with Crippen molar-refractivity contribution in [3.8, 4) is 0 Å². The third kappa shape index (κ3) is 5.40. The largest absolute Gasteiger partial charge is 0.418 e. The van der Waals surface area contributed by atoms with Crippen molar-refractivity contribution in [1.82, 2.24) is 0 Å². The maximum Gasteiger partial charge on any atom is 0.418 e. The lowest BCUT2D eigenvalue weighted by molar-refractivity contribution is -0.137. The number of aryl methyl sites for hydroxylation is 1. The molecule has 0 aliphatic heterocycles. The summed E-state index contributed by atoms with van der Waals surface area (Å²) in [5.74, 6) is 0. The molecule has 0 N–H and O–H groups in total. The summed E-state index contributed by atoms with van der Waals surface area (Å²) in [4.78, 5) is 0. The Bertz CT molecular complexity index is 273. The van der Waals surface area contributed by atoms with E-state index in [1.807, 2.05) is 27.7 Å². The molecule has 0 radical (unpaired) electrons. The molecule has 1 aromatic rings. The van der Waals surface area contributed by atoms with Crippen LogP contribution in [0.25, 0.3) is 0 Å². The zero-order chi connectivity index (χ0) is 13.4. The second-order valence-corrected chi connectivity index (χ2v) is 2.84. The van der Waals surface area contributed by atoms with Crippen LogP contribution in [-0.2, 0) is 6.18 Å². The van der Waals surface area contributed by atoms with E-state index in [0.29, 0.717) is 0 Å². The maximum atomic E-state index is 12.2. The number of benzene rings is 1. The Morgan fingerprint density at radius 2 is 1.44 bits per heavy atom. The van der Waals surface area contributed by atoms with Gasteiger partial charge in [-0.2, -0.15) is 13.2 Å². The van der Waals surface area contributed by atoms with E-state index < -0.39 is 11.7 Å². The molecular weight excluding hydrogens is 237 g/mol. The summed E-state index contributed by atoms with van der Waals surface area (Å²) in [6.07, 6.45) is -4.36. The molecule has 1 rings (SSSR count). The van der Waals surface area contributed by atoms with Gasteiger partial charge >= 0.3 is 6.18 Å². The molecule has 0 aromatic heterocycles. The molecule has 0 aliphatic carbocycles. The van der Waals surface area contributed by atoms with Gasteiger partial charge in [-0.1, -0.05) is 51.4 Å². The summed E-state index contributed by atoms with van der Waals surface area (Å²) >= 11 is 5.39. The van der Waals surface area contributed by atoms with Crippen LogP contribution >= 0.6 is 11.6 Å². The molecule has 0 saturated carbocycles. The van der Waals surface area contributed by atoms with Crippen LogP contribution in [0, 0.1) is 6.92 Å². The highest BCUT2D eigenvalue weighted by atomic mass is 35.5. The zero-order valence-corrected chi connectivity index (χ0v) is 11.0. The monoisotopic (exact) mass is 254 g/mol. The molecule has 16 heavy (non-hydrogen) atoms. The van der Waals surface area contributed by atoms with Crippen LogP contribution in [0.4, 0.5) is 13.2 Å². The number of rotatable bonds is 0. The lowest BCUT2D eigenvalue weighted by Gasteiger charge is -2.10. The molecule has 0 saturated heterocycles. The predicted octanol–water partition coefficient (Wildman–Crippen LogP) is 5.72. The standard InChI is InChI=1S/C8H6ClF3.2C2H6/c1-5-3-2-4-6(9)7(5)8(10,11)12;2*1-2/h2-4H,1H3;2*1-2H3. The van der Waals surface area contributed by atoms with Crippen molar-refractivity contribution in [3.05, 3.63) is 34.3 Å². The second kappa shape index (κ2) is 8.45. The molecule has 0 amide bonds. The van der Waals surface area contributed by atoms with Crippen molar-refractivity contribution in [3.63, 3.8) is 0 Å². The van der Waals surface area contributed by atoms with Crippen LogP contribution in [0.5, 0.6) is 0 Å². The molecule has 4 heteroatoms. The lowest BCUT2D eigenvalue weighted by Crippen LogP contribution is -2.07. The van der Waals surface area contributed by atoms with E-state index in [2.05, 4.69) is 0 Å². The average Bonchev–Trinajstić information content (AvgIpc) is 2.21. The summed E-state index contributed by atoms with van der Waals surface area (Å²) in [6, 6.07) is 4.11. The van der Waals surface area contributed by atoms with Crippen molar-refractivity contribution < 1.29 is 13.2 Å². The van der Waals surface area contributed by atoms with Crippen LogP contribution in [0.1, 0.15) is 38.8 Å². The predicted molar refractivity (Wildman–Crippen MR) is 63.9 cm³/mol. The summed E-state index contributed by atoms with van der Waals surface area (Å²) in [5, 5.41) is -0.248. The minimum atomic E-state index is -4.36. The van der Waals surface area contributed by atoms with Crippen molar-refractivity contribution in [1.29, 1.82) is 0 Å². The van der Waals surface area contributed by atoms with Crippen molar-refractivity contribution >= 4 is 11.6 Å². The van der Waals surface area contributed by atoms with Crippen molar-refractivity contribution in [2.24, 2.45) is 0 Å². The molecule has 0 bridgehead atoms. The normalized spacial score (nSPS) is 9.56. The quantitative estimate of drug-likeness (QED) is 0.555. The van der Waals surface area contributed by atoms with Crippen LogP contribution in [0.2, 0.25) is 5.02 Å². The van der Waals surface area contributed by atoms with Crippen LogP contribution < -0.4 is 0 Å². The first-order valence-electron chi connectivity index (χ1n) is 5.25. The minimum absolute atomic E-state index is 0.148. The van der Waals surface area contributed by atoms with Gasteiger partial charge in [0, 0.05) is 0 Å². The Labute approximate surface area is 100 Å². The van der Waals surface area contributed by atoms with Crippen LogP contribution in [-0.4, -0.2) is 0 Å².